The van der Waals surface area contributed by atoms with E-state index in [0.717, 1.165) is 5.56 Å². The minimum atomic E-state index is -1.91. The molecule has 10 heteroatoms. The second-order valence-electron chi connectivity index (χ2n) is 7.06. The Balaban J connectivity index is 0.00000187. The van der Waals surface area contributed by atoms with E-state index in [1.807, 2.05) is 41.0 Å². The lowest BCUT2D eigenvalue weighted by Crippen LogP contribution is -2.47. The number of carboxylic acid groups (broad SMARTS) is 1. The summed E-state index contributed by atoms with van der Waals surface area (Å²) in [6.07, 6.45) is 3.70. The predicted octanol–water partition coefficient (Wildman–Crippen LogP) is 1.79. The zero-order valence-corrected chi connectivity index (χ0v) is 19.5. The van der Waals surface area contributed by atoms with Gasteiger partial charge in [-0.2, -0.15) is 0 Å². The summed E-state index contributed by atoms with van der Waals surface area (Å²) in [6, 6.07) is 16.8. The third-order valence-corrected chi connectivity index (χ3v) is 4.82. The quantitative estimate of drug-likeness (QED) is 0.176. The van der Waals surface area contributed by atoms with Crippen LogP contribution in [0, 0.1) is 0 Å². The molecule has 33 heavy (non-hydrogen) atoms. The summed E-state index contributed by atoms with van der Waals surface area (Å²) in [4.78, 5) is 23.8. The number of phenols is 1. The van der Waals surface area contributed by atoms with Crippen LogP contribution in [0.15, 0.2) is 73.1 Å². The molecule has 1 heterocycles. The highest BCUT2D eigenvalue weighted by atomic mass is 79.9. The molecule has 0 aliphatic rings. The number of carbonyl (C=O) groups is 2. The molecule has 5 N–H and O–H groups in total. The maximum Gasteiger partial charge on any atom is 0.475 e. The highest BCUT2D eigenvalue weighted by Gasteiger charge is 2.28. The molecule has 1 aromatic heterocycles. The fourth-order valence-corrected chi connectivity index (χ4v) is 3.16. The summed E-state index contributed by atoms with van der Waals surface area (Å²) in [6.45, 7) is 0.639. The van der Waals surface area contributed by atoms with Crippen LogP contribution in [0.3, 0.4) is 0 Å². The number of rotatable bonds is 8. The predicted molar refractivity (Wildman–Crippen MR) is 127 cm³/mol. The van der Waals surface area contributed by atoms with E-state index < -0.39 is 30.7 Å². The third kappa shape index (κ3) is 7.42. The molecule has 0 aliphatic carbocycles. The van der Waals surface area contributed by atoms with Gasteiger partial charge in [-0.15, -0.1) is 0 Å². The Morgan fingerprint density at radius 3 is 2.21 bits per heavy atom. The summed E-state index contributed by atoms with van der Waals surface area (Å²) in [5.41, 5.74) is 1.19. The number of hydrogen-bond acceptors (Lipinski definition) is 5. The largest absolute Gasteiger partial charge is 0.507 e. The molecule has 0 fully saturated rings. The molecule has 3 rings (SSSR count). The van der Waals surface area contributed by atoms with Gasteiger partial charge in [-0.1, -0.05) is 46.3 Å². The first-order chi connectivity index (χ1) is 15.8. The number of amides is 1. The average molecular weight is 516 g/mol. The summed E-state index contributed by atoms with van der Waals surface area (Å²) in [5, 5.41) is 41.1. The van der Waals surface area contributed by atoms with Crippen molar-refractivity contribution >= 4 is 34.9 Å². The summed E-state index contributed by atoms with van der Waals surface area (Å²) < 4.78 is 1.99. The van der Waals surface area contributed by atoms with Gasteiger partial charge in [0.1, 0.15) is 11.3 Å². The van der Waals surface area contributed by atoms with Gasteiger partial charge >= 0.3 is 13.1 Å². The second-order valence-corrected chi connectivity index (χ2v) is 7.06. The standard InChI is InChI=1S/C22H21BN2O6.CH3Br/c26-20-17(5-4-6-18(20)22(28)29)13-19(23(30)31)24-21(27)16-9-7-15(8-10-16)14-25-11-2-1-3-12-25;1-2/h1-12,19,30-31H,13-14H2,(H2-,24,26,27,28,29);1H3/p+1/t19-;/m0./s1. The molecule has 0 bridgehead atoms. The number of alkyl halides is 1. The van der Waals surface area contributed by atoms with Crippen LogP contribution in [-0.4, -0.2) is 51.0 Å². The smallest absolute Gasteiger partial charge is 0.475 e. The van der Waals surface area contributed by atoms with Gasteiger partial charge in [0, 0.05) is 23.3 Å². The number of carbonyl (C=O) groups excluding carboxylic acids is 1. The number of aromatic carboxylic acids is 1. The van der Waals surface area contributed by atoms with Gasteiger partial charge in [-0.25, -0.2) is 9.36 Å². The lowest BCUT2D eigenvalue weighted by atomic mass is 9.75. The molecular formula is C23H25BBrN2O6+. The van der Waals surface area contributed by atoms with Gasteiger partial charge in [-0.05, 0) is 36.0 Å². The summed E-state index contributed by atoms with van der Waals surface area (Å²) in [5.74, 6) is -1.64. The van der Waals surface area contributed by atoms with E-state index in [2.05, 4.69) is 21.2 Å². The lowest BCUT2D eigenvalue weighted by Gasteiger charge is -2.19. The Bertz CT molecular complexity index is 1060. The number of hydrogen-bond donors (Lipinski definition) is 5. The van der Waals surface area contributed by atoms with E-state index in [4.69, 9.17) is 5.11 Å². The molecule has 0 saturated heterocycles. The van der Waals surface area contributed by atoms with E-state index >= 15 is 0 Å². The zero-order chi connectivity index (χ0) is 24.4. The van der Waals surface area contributed by atoms with Crippen molar-refractivity contribution in [3.8, 4) is 5.75 Å². The van der Waals surface area contributed by atoms with Gasteiger partial charge in [-0.3, -0.25) is 4.79 Å². The molecule has 1 amide bonds. The Morgan fingerprint density at radius 1 is 1.00 bits per heavy atom. The van der Waals surface area contributed by atoms with Gasteiger partial charge in [0.05, 0.1) is 5.94 Å². The topological polar surface area (TPSA) is 131 Å². The third-order valence-electron chi connectivity index (χ3n) is 4.82. The average Bonchev–Trinajstić information content (AvgIpc) is 2.82. The Hall–Kier alpha value is -3.21. The fourth-order valence-electron chi connectivity index (χ4n) is 3.16. The number of aromatic hydroxyl groups is 1. The van der Waals surface area contributed by atoms with Crippen LogP contribution < -0.4 is 9.88 Å². The molecule has 0 unspecified atom stereocenters. The maximum absolute atomic E-state index is 12.6. The fraction of sp³-hybridized carbons (Fsp3) is 0.174. The molecule has 0 aliphatic heterocycles. The van der Waals surface area contributed by atoms with Gasteiger partial charge < -0.3 is 25.6 Å². The Labute approximate surface area is 200 Å². The zero-order valence-electron chi connectivity index (χ0n) is 17.9. The molecule has 0 saturated carbocycles. The molecular weight excluding hydrogens is 491 g/mol. The van der Waals surface area contributed by atoms with E-state index in [1.165, 1.54) is 18.2 Å². The first kappa shape index (κ1) is 26.1. The number of pyridine rings is 1. The number of benzene rings is 2. The van der Waals surface area contributed by atoms with E-state index in [9.17, 15) is 24.7 Å². The Morgan fingerprint density at radius 2 is 1.64 bits per heavy atom. The van der Waals surface area contributed by atoms with Crippen molar-refractivity contribution < 1.29 is 34.4 Å². The SMILES string of the molecule is CBr.O=C(N[C@@H](Cc1cccc(C(=O)O)c1O)B(O)O)c1ccc(C[n+]2ccccc2)cc1. The van der Waals surface area contributed by atoms with Gasteiger partial charge in [0.25, 0.3) is 5.91 Å². The first-order valence-electron chi connectivity index (χ1n) is 9.97. The molecule has 3 aromatic rings. The molecule has 2 aromatic carbocycles. The first-order valence-corrected chi connectivity index (χ1v) is 11.6. The number of nitrogens with zero attached hydrogens (tertiary/aromatic N) is 1. The number of carboxylic acids is 1. The molecule has 172 valence electrons. The van der Waals surface area contributed by atoms with Crippen molar-refractivity contribution in [1.29, 1.82) is 0 Å². The monoisotopic (exact) mass is 515 g/mol. The minimum absolute atomic E-state index is 0.168. The molecule has 0 radical (unpaired) electrons. The van der Waals surface area contributed by atoms with Gasteiger partial charge in [0.2, 0.25) is 0 Å². The van der Waals surface area contributed by atoms with Crippen molar-refractivity contribution in [2.45, 2.75) is 18.9 Å². The van der Waals surface area contributed by atoms with Crippen LogP contribution in [-0.2, 0) is 13.0 Å². The number of nitrogens with one attached hydrogen (secondary N) is 1. The number of para-hydroxylation sites is 1. The maximum atomic E-state index is 12.6. The van der Waals surface area contributed by atoms with Crippen molar-refractivity contribution in [1.82, 2.24) is 5.32 Å². The van der Waals surface area contributed by atoms with Crippen LogP contribution in [0.5, 0.6) is 5.75 Å². The van der Waals surface area contributed by atoms with Crippen molar-refractivity contribution in [2.24, 2.45) is 0 Å². The second kappa shape index (κ2) is 12.7. The molecule has 0 spiro atoms. The van der Waals surface area contributed by atoms with Crippen LogP contribution in [0.4, 0.5) is 0 Å². The number of aromatic nitrogens is 1. The highest BCUT2D eigenvalue weighted by Crippen LogP contribution is 2.24. The van der Waals surface area contributed by atoms with Crippen molar-refractivity contribution in [2.75, 3.05) is 5.83 Å². The normalized spacial score (nSPS) is 11.0. The number of halogens is 1. The van der Waals surface area contributed by atoms with Crippen LogP contribution >= 0.6 is 15.9 Å². The van der Waals surface area contributed by atoms with Gasteiger partial charge in [0.15, 0.2) is 18.9 Å². The van der Waals surface area contributed by atoms with E-state index in [0.29, 0.717) is 12.1 Å². The lowest BCUT2D eigenvalue weighted by molar-refractivity contribution is -0.688. The van der Waals surface area contributed by atoms with Crippen molar-refractivity contribution in [3.63, 3.8) is 0 Å². The van der Waals surface area contributed by atoms with Crippen LogP contribution in [0.25, 0.3) is 0 Å². The summed E-state index contributed by atoms with van der Waals surface area (Å²) >= 11 is 2.94. The van der Waals surface area contributed by atoms with E-state index in [-0.39, 0.29) is 17.5 Å². The summed E-state index contributed by atoms with van der Waals surface area (Å²) in [7, 11) is -1.91. The molecule has 1 atom stereocenters. The minimum Gasteiger partial charge on any atom is -0.507 e. The molecule has 8 nitrogen and oxygen atoms in total. The van der Waals surface area contributed by atoms with Crippen LogP contribution in [0.1, 0.15) is 31.8 Å². The Kier molecular flexibility index (Phi) is 10.1. The van der Waals surface area contributed by atoms with Crippen LogP contribution in [0.2, 0.25) is 0 Å². The van der Waals surface area contributed by atoms with E-state index in [1.54, 1.807) is 24.3 Å². The van der Waals surface area contributed by atoms with Crippen molar-refractivity contribution in [3.05, 3.63) is 95.3 Å². The highest BCUT2D eigenvalue weighted by molar-refractivity contribution is 9.08.